The summed E-state index contributed by atoms with van der Waals surface area (Å²) in [5.41, 5.74) is 5.59. The van der Waals surface area contributed by atoms with Crippen LogP contribution in [0.1, 0.15) is 13.8 Å². The van der Waals surface area contributed by atoms with Gasteiger partial charge in [0, 0.05) is 26.2 Å². The molecule has 2 unspecified atom stereocenters. The van der Waals surface area contributed by atoms with Crippen LogP contribution < -0.4 is 11.6 Å². The first-order chi connectivity index (χ1) is 6.44. The summed E-state index contributed by atoms with van der Waals surface area (Å²) in [6.45, 7) is 5.89. The van der Waals surface area contributed by atoms with E-state index in [2.05, 4.69) is 0 Å². The second-order valence-electron chi connectivity index (χ2n) is 4.43. The molecule has 0 aliphatic carbocycles. The number of rotatable bonds is 4. The molecule has 5 nitrogen and oxygen atoms in total. The van der Waals surface area contributed by atoms with Crippen LogP contribution in [0.25, 0.3) is 0 Å². The molecule has 0 saturated carbocycles. The van der Waals surface area contributed by atoms with Crippen molar-refractivity contribution >= 4 is 0 Å². The van der Waals surface area contributed by atoms with Gasteiger partial charge in [0.1, 0.15) is 0 Å². The minimum Gasteiger partial charge on any atom is -0.376 e. The lowest BCUT2D eigenvalue weighted by Crippen LogP contribution is -2.39. The lowest BCUT2D eigenvalue weighted by atomic mass is 10.1. The second-order valence-corrected chi connectivity index (χ2v) is 4.43. The van der Waals surface area contributed by atoms with Crippen molar-refractivity contribution in [3.63, 3.8) is 0 Å². The molecule has 0 bridgehead atoms. The van der Waals surface area contributed by atoms with Crippen LogP contribution in [0.2, 0.25) is 0 Å². The Kier molecular flexibility index (Phi) is 3.86. The molecule has 1 fully saturated rings. The van der Waals surface area contributed by atoms with Gasteiger partial charge >= 0.3 is 0 Å². The third kappa shape index (κ3) is 3.18. The van der Waals surface area contributed by atoms with Crippen LogP contribution in [0.3, 0.4) is 0 Å². The van der Waals surface area contributed by atoms with Crippen molar-refractivity contribution in [1.82, 2.24) is 5.01 Å². The maximum Gasteiger partial charge on any atom is 0.0881 e. The van der Waals surface area contributed by atoms with Gasteiger partial charge in [-0.15, -0.1) is 0 Å². The van der Waals surface area contributed by atoms with E-state index in [4.69, 9.17) is 21.1 Å². The zero-order valence-electron chi connectivity index (χ0n) is 9.19. The SMILES string of the molecule is COC(C)(C)COC1CN(N)CC1N. The smallest absolute Gasteiger partial charge is 0.0881 e. The molecule has 0 aromatic carbocycles. The molecule has 1 heterocycles. The van der Waals surface area contributed by atoms with E-state index in [0.717, 1.165) is 0 Å². The number of methoxy groups -OCH3 is 1. The van der Waals surface area contributed by atoms with Gasteiger partial charge < -0.3 is 15.2 Å². The maximum absolute atomic E-state index is 5.85. The molecular weight excluding hydrogens is 182 g/mol. The molecule has 1 aliphatic rings. The quantitative estimate of drug-likeness (QED) is 0.592. The summed E-state index contributed by atoms with van der Waals surface area (Å²) in [4.78, 5) is 0. The molecule has 1 aliphatic heterocycles. The van der Waals surface area contributed by atoms with Crippen molar-refractivity contribution in [2.45, 2.75) is 31.6 Å². The van der Waals surface area contributed by atoms with Gasteiger partial charge in [-0.2, -0.15) is 0 Å². The van der Waals surface area contributed by atoms with Crippen molar-refractivity contribution in [2.75, 3.05) is 26.8 Å². The summed E-state index contributed by atoms with van der Waals surface area (Å²) in [5, 5.41) is 1.69. The zero-order chi connectivity index (χ0) is 10.8. The predicted octanol–water partition coefficient (Wildman–Crippen LogP) is -0.687. The summed E-state index contributed by atoms with van der Waals surface area (Å²) in [7, 11) is 1.67. The van der Waals surface area contributed by atoms with E-state index in [1.807, 2.05) is 13.8 Å². The molecule has 0 amide bonds. The van der Waals surface area contributed by atoms with Gasteiger partial charge in [-0.05, 0) is 13.8 Å². The van der Waals surface area contributed by atoms with E-state index in [-0.39, 0.29) is 17.7 Å². The van der Waals surface area contributed by atoms with Gasteiger partial charge in [-0.1, -0.05) is 0 Å². The topological polar surface area (TPSA) is 73.7 Å². The minimum atomic E-state index is -0.262. The highest BCUT2D eigenvalue weighted by Gasteiger charge is 2.30. The molecule has 0 radical (unpaired) electrons. The van der Waals surface area contributed by atoms with Gasteiger partial charge in [0.05, 0.1) is 18.3 Å². The Balaban J connectivity index is 2.31. The lowest BCUT2D eigenvalue weighted by molar-refractivity contribution is -0.0747. The van der Waals surface area contributed by atoms with E-state index in [9.17, 15) is 0 Å². The third-order valence-corrected chi connectivity index (χ3v) is 2.53. The number of hydrogen-bond acceptors (Lipinski definition) is 5. The Morgan fingerprint density at radius 2 is 2.07 bits per heavy atom. The number of hydrogen-bond donors (Lipinski definition) is 2. The monoisotopic (exact) mass is 203 g/mol. The fourth-order valence-corrected chi connectivity index (χ4v) is 1.37. The predicted molar refractivity (Wildman–Crippen MR) is 54.6 cm³/mol. The summed E-state index contributed by atoms with van der Waals surface area (Å²) >= 11 is 0. The summed E-state index contributed by atoms with van der Waals surface area (Å²) in [6, 6.07) is 0.00709. The number of nitrogens with two attached hydrogens (primary N) is 2. The number of hydrazine groups is 1. The van der Waals surface area contributed by atoms with Crippen LogP contribution >= 0.6 is 0 Å². The van der Waals surface area contributed by atoms with Crippen molar-refractivity contribution in [3.05, 3.63) is 0 Å². The largest absolute Gasteiger partial charge is 0.376 e. The zero-order valence-corrected chi connectivity index (χ0v) is 9.19. The summed E-state index contributed by atoms with van der Waals surface area (Å²) in [5.74, 6) is 5.63. The highest BCUT2D eigenvalue weighted by atomic mass is 16.5. The average Bonchev–Trinajstić information content (AvgIpc) is 2.42. The first-order valence-corrected chi connectivity index (χ1v) is 4.86. The fourth-order valence-electron chi connectivity index (χ4n) is 1.37. The first kappa shape index (κ1) is 11.9. The third-order valence-electron chi connectivity index (χ3n) is 2.53. The molecular formula is C9H21N3O2. The highest BCUT2D eigenvalue weighted by Crippen LogP contribution is 2.13. The Hall–Kier alpha value is -0.200. The minimum absolute atomic E-state index is 0.00709. The Morgan fingerprint density at radius 1 is 1.43 bits per heavy atom. The molecule has 0 aromatic heterocycles. The Bertz CT molecular complexity index is 187. The van der Waals surface area contributed by atoms with Gasteiger partial charge in [0.15, 0.2) is 0 Å². The van der Waals surface area contributed by atoms with Crippen molar-refractivity contribution < 1.29 is 9.47 Å². The van der Waals surface area contributed by atoms with E-state index < -0.39 is 0 Å². The maximum atomic E-state index is 5.85. The normalized spacial score (nSPS) is 29.8. The summed E-state index contributed by atoms with van der Waals surface area (Å²) < 4.78 is 10.9. The summed E-state index contributed by atoms with van der Waals surface area (Å²) in [6.07, 6.45) is 0.0226. The van der Waals surface area contributed by atoms with E-state index in [1.54, 1.807) is 12.1 Å². The van der Waals surface area contributed by atoms with Crippen molar-refractivity contribution in [2.24, 2.45) is 11.6 Å². The van der Waals surface area contributed by atoms with Crippen LogP contribution in [0.4, 0.5) is 0 Å². The average molecular weight is 203 g/mol. The number of ether oxygens (including phenoxy) is 2. The number of nitrogens with zero attached hydrogens (tertiary/aromatic N) is 1. The molecule has 5 heteroatoms. The fraction of sp³-hybridized carbons (Fsp3) is 1.00. The molecule has 14 heavy (non-hydrogen) atoms. The molecule has 2 atom stereocenters. The Labute approximate surface area is 85.3 Å². The van der Waals surface area contributed by atoms with E-state index in [1.165, 1.54) is 0 Å². The molecule has 1 saturated heterocycles. The first-order valence-electron chi connectivity index (χ1n) is 4.86. The molecule has 4 N–H and O–H groups in total. The van der Waals surface area contributed by atoms with Gasteiger partial charge in [0.2, 0.25) is 0 Å². The van der Waals surface area contributed by atoms with Gasteiger partial charge in [-0.3, -0.25) is 5.84 Å². The molecule has 0 spiro atoms. The molecule has 0 aromatic rings. The van der Waals surface area contributed by atoms with Crippen LogP contribution in [-0.4, -0.2) is 49.6 Å². The van der Waals surface area contributed by atoms with E-state index >= 15 is 0 Å². The van der Waals surface area contributed by atoms with Gasteiger partial charge in [0.25, 0.3) is 0 Å². The van der Waals surface area contributed by atoms with E-state index in [0.29, 0.717) is 19.7 Å². The van der Waals surface area contributed by atoms with Crippen LogP contribution in [0.15, 0.2) is 0 Å². The van der Waals surface area contributed by atoms with Crippen LogP contribution in [0.5, 0.6) is 0 Å². The second kappa shape index (κ2) is 4.55. The molecule has 84 valence electrons. The van der Waals surface area contributed by atoms with Crippen LogP contribution in [0, 0.1) is 0 Å². The van der Waals surface area contributed by atoms with Crippen molar-refractivity contribution in [3.8, 4) is 0 Å². The standard InChI is InChI=1S/C9H21N3O2/c1-9(2,13-3)6-14-8-5-12(11)4-7(8)10/h7-8H,4-6,10-11H2,1-3H3. The van der Waals surface area contributed by atoms with Gasteiger partial charge in [-0.25, -0.2) is 5.01 Å². The molecule has 1 rings (SSSR count). The van der Waals surface area contributed by atoms with Crippen molar-refractivity contribution in [1.29, 1.82) is 0 Å². The Morgan fingerprint density at radius 3 is 2.50 bits per heavy atom. The van der Waals surface area contributed by atoms with Crippen LogP contribution in [-0.2, 0) is 9.47 Å². The lowest BCUT2D eigenvalue weighted by Gasteiger charge is -2.25. The highest BCUT2D eigenvalue weighted by molar-refractivity contribution is 4.86.